The minimum atomic E-state index is -0.0272. The highest BCUT2D eigenvalue weighted by atomic mass is 32.2. The first kappa shape index (κ1) is 17.7. The average Bonchev–Trinajstić information content (AvgIpc) is 2.55. The Kier molecular flexibility index (Phi) is 6.77. The van der Waals surface area contributed by atoms with E-state index in [2.05, 4.69) is 12.2 Å². The topological polar surface area (TPSA) is 58.6 Å². The molecule has 2 amide bonds. The zero-order valence-corrected chi connectivity index (χ0v) is 14.5. The van der Waals surface area contributed by atoms with Crippen LogP contribution in [0.4, 0.5) is 5.69 Å². The summed E-state index contributed by atoms with van der Waals surface area (Å²) in [6.45, 7) is 3.93. The number of carbonyl (C=O) groups excluding carboxylic acids is 2. The van der Waals surface area contributed by atoms with E-state index in [9.17, 15) is 9.59 Å². The number of piperidine rings is 1. The third-order valence-corrected chi connectivity index (χ3v) is 4.46. The van der Waals surface area contributed by atoms with Crippen LogP contribution in [0.1, 0.15) is 19.8 Å². The van der Waals surface area contributed by atoms with Gasteiger partial charge in [0.25, 0.3) is 5.91 Å². The summed E-state index contributed by atoms with van der Waals surface area (Å²) in [7, 11) is 0. The molecule has 0 radical (unpaired) electrons. The summed E-state index contributed by atoms with van der Waals surface area (Å²) in [6.07, 6.45) is 4.02. The van der Waals surface area contributed by atoms with E-state index >= 15 is 0 Å². The third-order valence-electron chi connectivity index (χ3n) is 3.91. The second kappa shape index (κ2) is 8.82. The first-order valence-corrected chi connectivity index (χ1v) is 9.27. The molecule has 1 fully saturated rings. The van der Waals surface area contributed by atoms with E-state index in [-0.39, 0.29) is 18.4 Å². The van der Waals surface area contributed by atoms with Crippen molar-refractivity contribution in [2.45, 2.75) is 19.8 Å². The zero-order valence-electron chi connectivity index (χ0n) is 13.7. The van der Waals surface area contributed by atoms with Gasteiger partial charge in [-0.1, -0.05) is 6.92 Å². The summed E-state index contributed by atoms with van der Waals surface area (Å²) in [5.41, 5.74) is 0.729. The Morgan fingerprint density at radius 1 is 1.26 bits per heavy atom. The Morgan fingerprint density at radius 3 is 2.52 bits per heavy atom. The normalized spacial score (nSPS) is 15.3. The summed E-state index contributed by atoms with van der Waals surface area (Å²) >= 11 is 1.48. The smallest absolute Gasteiger partial charge is 0.260 e. The lowest BCUT2D eigenvalue weighted by molar-refractivity contribution is -0.134. The van der Waals surface area contributed by atoms with Crippen molar-refractivity contribution in [3.63, 3.8) is 0 Å². The van der Waals surface area contributed by atoms with E-state index < -0.39 is 0 Å². The van der Waals surface area contributed by atoms with Crippen LogP contribution in [0.15, 0.2) is 24.3 Å². The quantitative estimate of drug-likeness (QED) is 0.867. The van der Waals surface area contributed by atoms with Crippen LogP contribution in [0.2, 0.25) is 0 Å². The SMILES string of the molecule is CSCC(=O)Nc1ccc(OCC(=O)N2CCC(C)CC2)cc1. The summed E-state index contributed by atoms with van der Waals surface area (Å²) in [4.78, 5) is 25.5. The van der Waals surface area contributed by atoms with Crippen molar-refractivity contribution < 1.29 is 14.3 Å². The van der Waals surface area contributed by atoms with Gasteiger partial charge in [-0.25, -0.2) is 0 Å². The molecule has 1 aromatic rings. The Bertz CT molecular complexity index is 525. The number of thioether (sulfide) groups is 1. The monoisotopic (exact) mass is 336 g/mol. The molecule has 1 saturated heterocycles. The lowest BCUT2D eigenvalue weighted by atomic mass is 9.99. The van der Waals surface area contributed by atoms with Crippen molar-refractivity contribution >= 4 is 29.3 Å². The first-order chi connectivity index (χ1) is 11.1. The molecule has 126 valence electrons. The van der Waals surface area contributed by atoms with E-state index in [1.165, 1.54) is 11.8 Å². The number of ether oxygens (including phenoxy) is 1. The summed E-state index contributed by atoms with van der Waals surface area (Å²) in [6, 6.07) is 7.09. The number of rotatable bonds is 6. The van der Waals surface area contributed by atoms with E-state index in [4.69, 9.17) is 4.74 Å². The fraction of sp³-hybridized carbons (Fsp3) is 0.529. The second-order valence-corrected chi connectivity index (χ2v) is 6.72. The molecule has 1 aromatic carbocycles. The van der Waals surface area contributed by atoms with Gasteiger partial charge in [0.05, 0.1) is 5.75 Å². The molecule has 23 heavy (non-hydrogen) atoms. The van der Waals surface area contributed by atoms with Crippen LogP contribution in [0, 0.1) is 5.92 Å². The maximum Gasteiger partial charge on any atom is 0.260 e. The summed E-state index contributed by atoms with van der Waals surface area (Å²) in [5, 5.41) is 2.80. The van der Waals surface area contributed by atoms with Crippen LogP contribution in [-0.4, -0.2) is 48.4 Å². The van der Waals surface area contributed by atoms with Crippen molar-refractivity contribution in [1.82, 2.24) is 4.90 Å². The van der Waals surface area contributed by atoms with E-state index in [0.29, 0.717) is 17.4 Å². The summed E-state index contributed by atoms with van der Waals surface area (Å²) in [5.74, 6) is 1.77. The number of likely N-dealkylation sites (tertiary alicyclic amines) is 1. The van der Waals surface area contributed by atoms with Gasteiger partial charge in [-0.2, -0.15) is 11.8 Å². The molecule has 1 N–H and O–H groups in total. The highest BCUT2D eigenvalue weighted by Crippen LogP contribution is 2.18. The van der Waals surface area contributed by atoms with Gasteiger partial charge in [0.15, 0.2) is 6.61 Å². The van der Waals surface area contributed by atoms with Crippen molar-refractivity contribution in [2.24, 2.45) is 5.92 Å². The Labute approximate surface area is 141 Å². The lowest BCUT2D eigenvalue weighted by Gasteiger charge is -2.30. The minimum Gasteiger partial charge on any atom is -0.484 e. The van der Waals surface area contributed by atoms with Gasteiger partial charge >= 0.3 is 0 Å². The van der Waals surface area contributed by atoms with Crippen LogP contribution in [-0.2, 0) is 9.59 Å². The number of nitrogens with one attached hydrogen (secondary N) is 1. The molecule has 0 aliphatic carbocycles. The average molecular weight is 336 g/mol. The van der Waals surface area contributed by atoms with Crippen LogP contribution in [0.25, 0.3) is 0 Å². The fourth-order valence-corrected chi connectivity index (χ4v) is 2.79. The molecule has 1 heterocycles. The van der Waals surface area contributed by atoms with Crippen molar-refractivity contribution in [2.75, 3.05) is 37.0 Å². The first-order valence-electron chi connectivity index (χ1n) is 7.88. The van der Waals surface area contributed by atoms with Gasteiger partial charge in [0.1, 0.15) is 5.75 Å². The minimum absolute atomic E-state index is 0.0272. The van der Waals surface area contributed by atoms with Crippen molar-refractivity contribution in [1.29, 1.82) is 0 Å². The predicted molar refractivity (Wildman–Crippen MR) is 93.9 cm³/mol. The molecule has 0 bridgehead atoms. The van der Waals surface area contributed by atoms with Crippen LogP contribution in [0.3, 0.4) is 0 Å². The number of hydrogen-bond donors (Lipinski definition) is 1. The number of carbonyl (C=O) groups is 2. The third kappa shape index (κ3) is 5.78. The summed E-state index contributed by atoms with van der Waals surface area (Å²) < 4.78 is 5.55. The molecule has 0 saturated carbocycles. The molecule has 0 aromatic heterocycles. The molecule has 2 rings (SSSR count). The number of nitrogens with zero attached hydrogens (tertiary/aromatic N) is 1. The highest BCUT2D eigenvalue weighted by molar-refractivity contribution is 7.99. The van der Waals surface area contributed by atoms with E-state index in [1.54, 1.807) is 24.3 Å². The molecule has 6 heteroatoms. The van der Waals surface area contributed by atoms with Crippen LogP contribution in [0.5, 0.6) is 5.75 Å². The van der Waals surface area contributed by atoms with E-state index in [1.807, 2.05) is 11.2 Å². The van der Waals surface area contributed by atoms with Crippen LogP contribution < -0.4 is 10.1 Å². The molecule has 0 spiro atoms. The Balaban J connectivity index is 1.77. The number of amides is 2. The molecule has 0 unspecified atom stereocenters. The molecule has 1 aliphatic heterocycles. The number of hydrogen-bond acceptors (Lipinski definition) is 4. The van der Waals surface area contributed by atoms with Crippen molar-refractivity contribution in [3.8, 4) is 5.75 Å². The van der Waals surface area contributed by atoms with Crippen LogP contribution >= 0.6 is 11.8 Å². The maximum absolute atomic E-state index is 12.1. The van der Waals surface area contributed by atoms with Gasteiger partial charge in [-0.05, 0) is 49.3 Å². The second-order valence-electron chi connectivity index (χ2n) is 5.86. The molecular weight excluding hydrogens is 312 g/mol. The molecular formula is C17H24N2O3S. The molecule has 1 aliphatic rings. The van der Waals surface area contributed by atoms with Gasteiger partial charge in [0, 0.05) is 18.8 Å². The fourth-order valence-electron chi connectivity index (χ4n) is 2.46. The van der Waals surface area contributed by atoms with Gasteiger partial charge in [-0.3, -0.25) is 9.59 Å². The van der Waals surface area contributed by atoms with Crippen molar-refractivity contribution in [3.05, 3.63) is 24.3 Å². The maximum atomic E-state index is 12.1. The highest BCUT2D eigenvalue weighted by Gasteiger charge is 2.20. The van der Waals surface area contributed by atoms with Gasteiger partial charge < -0.3 is 15.0 Å². The molecule has 5 nitrogen and oxygen atoms in total. The Morgan fingerprint density at radius 2 is 1.91 bits per heavy atom. The van der Waals surface area contributed by atoms with Gasteiger partial charge in [-0.15, -0.1) is 0 Å². The largest absolute Gasteiger partial charge is 0.484 e. The number of benzene rings is 1. The predicted octanol–water partition coefficient (Wildman–Crippen LogP) is 2.63. The lowest BCUT2D eigenvalue weighted by Crippen LogP contribution is -2.40. The number of anilines is 1. The zero-order chi connectivity index (χ0) is 16.7. The molecule has 0 atom stereocenters. The van der Waals surface area contributed by atoms with Gasteiger partial charge in [0.2, 0.25) is 5.91 Å². The Hall–Kier alpha value is -1.69. The van der Waals surface area contributed by atoms with E-state index in [0.717, 1.165) is 31.6 Å². The standard InChI is InChI=1S/C17H24N2O3S/c1-13-7-9-19(10-8-13)17(21)11-22-15-5-3-14(4-6-15)18-16(20)12-23-2/h3-6,13H,7-12H2,1-2H3,(H,18,20).